The van der Waals surface area contributed by atoms with Crippen LogP contribution >= 0.6 is 0 Å². The van der Waals surface area contributed by atoms with E-state index < -0.39 is 0 Å². The van der Waals surface area contributed by atoms with Gasteiger partial charge in [-0.25, -0.2) is 0 Å². The predicted octanol–water partition coefficient (Wildman–Crippen LogP) is 4.52. The minimum atomic E-state index is 0.281. The van der Waals surface area contributed by atoms with Crippen molar-refractivity contribution in [2.45, 2.75) is 52.5 Å². The van der Waals surface area contributed by atoms with Crippen LogP contribution in [0, 0.1) is 0 Å². The summed E-state index contributed by atoms with van der Waals surface area (Å²) in [5.74, 6) is 2.05. The zero-order valence-electron chi connectivity index (χ0n) is 15.0. The van der Waals surface area contributed by atoms with Crippen LogP contribution in [0.15, 0.2) is 53.6 Å². The summed E-state index contributed by atoms with van der Waals surface area (Å²) in [4.78, 5) is 12.3. The summed E-state index contributed by atoms with van der Waals surface area (Å²) >= 11 is 0. The maximum atomic E-state index is 12.3. The van der Waals surface area contributed by atoms with E-state index in [0.717, 1.165) is 36.6 Å². The molecule has 1 aromatic heterocycles. The molecule has 0 aliphatic heterocycles. The molecule has 0 saturated carbocycles. The van der Waals surface area contributed by atoms with E-state index in [9.17, 15) is 4.79 Å². The van der Waals surface area contributed by atoms with Crippen LogP contribution < -0.4 is 0 Å². The molecule has 3 rings (SSSR count). The fraction of sp³-hybridized carbons (Fsp3) is 0.381. The van der Waals surface area contributed by atoms with E-state index >= 15 is 0 Å². The van der Waals surface area contributed by atoms with Gasteiger partial charge in [-0.1, -0.05) is 60.6 Å². The van der Waals surface area contributed by atoms with Crippen LogP contribution in [0.2, 0.25) is 0 Å². The number of carbonyl (C=O) groups is 1. The molecular formula is C21H25N3O. The monoisotopic (exact) mass is 335 g/mol. The lowest BCUT2D eigenvalue weighted by Crippen LogP contribution is -2.07. The molecule has 2 aromatic rings. The Labute approximate surface area is 149 Å². The fourth-order valence-corrected chi connectivity index (χ4v) is 3.26. The summed E-state index contributed by atoms with van der Waals surface area (Å²) in [6.07, 6.45) is 8.02. The Bertz CT molecular complexity index is 800. The van der Waals surface area contributed by atoms with E-state index in [2.05, 4.69) is 40.8 Å². The number of carbonyl (C=O) groups excluding carboxylic acids is 1. The van der Waals surface area contributed by atoms with Gasteiger partial charge in [0.2, 0.25) is 0 Å². The third-order valence-corrected chi connectivity index (χ3v) is 4.69. The number of aromatic nitrogens is 3. The minimum Gasteiger partial charge on any atom is -0.311 e. The Morgan fingerprint density at radius 1 is 1.08 bits per heavy atom. The van der Waals surface area contributed by atoms with Gasteiger partial charge < -0.3 is 4.57 Å². The van der Waals surface area contributed by atoms with Crippen molar-refractivity contribution < 1.29 is 4.79 Å². The first-order chi connectivity index (χ1) is 12.2. The number of benzene rings is 1. The fourth-order valence-electron chi connectivity index (χ4n) is 3.26. The second-order valence-corrected chi connectivity index (χ2v) is 6.45. The number of rotatable bonds is 8. The first-order valence-electron chi connectivity index (χ1n) is 9.08. The van der Waals surface area contributed by atoms with E-state index in [1.807, 2.05) is 30.3 Å². The van der Waals surface area contributed by atoms with Gasteiger partial charge in [-0.3, -0.25) is 4.79 Å². The summed E-state index contributed by atoms with van der Waals surface area (Å²) < 4.78 is 2.11. The standard InChI is InChI=1S/C21H25N3O/c1-3-16-10-11-17(14-16)15-19(25)12-13-20-22-23-21(24(20)4-2)18-8-6-5-7-9-18/h5-11H,3-4,12-15H2,1-2H3. The van der Waals surface area contributed by atoms with Gasteiger partial charge in [-0.2, -0.15) is 0 Å². The predicted molar refractivity (Wildman–Crippen MR) is 100 cm³/mol. The van der Waals surface area contributed by atoms with Crippen molar-refractivity contribution in [3.8, 4) is 11.4 Å². The van der Waals surface area contributed by atoms with Gasteiger partial charge in [0.05, 0.1) is 0 Å². The average Bonchev–Trinajstić information content (AvgIpc) is 3.26. The molecule has 1 aliphatic carbocycles. The number of allylic oxidation sites excluding steroid dienone is 4. The Morgan fingerprint density at radius 3 is 2.52 bits per heavy atom. The SMILES string of the molecule is CCC1=CC=C(CC(=O)CCc2nnc(-c3ccccc3)n2CC)C1. The topological polar surface area (TPSA) is 47.8 Å². The number of aryl methyl sites for hydroxylation is 1. The molecule has 130 valence electrons. The van der Waals surface area contributed by atoms with Crippen LogP contribution in [0.5, 0.6) is 0 Å². The molecule has 0 spiro atoms. The van der Waals surface area contributed by atoms with Crippen molar-refractivity contribution in [1.29, 1.82) is 0 Å². The van der Waals surface area contributed by atoms with Crippen LogP contribution in [-0.4, -0.2) is 20.5 Å². The van der Waals surface area contributed by atoms with Gasteiger partial charge >= 0.3 is 0 Å². The lowest BCUT2D eigenvalue weighted by Gasteiger charge is -2.08. The van der Waals surface area contributed by atoms with Crippen LogP contribution in [0.3, 0.4) is 0 Å². The summed E-state index contributed by atoms with van der Waals surface area (Å²) in [6, 6.07) is 10.1. The first-order valence-corrected chi connectivity index (χ1v) is 9.08. The molecule has 1 aromatic carbocycles. The summed E-state index contributed by atoms with van der Waals surface area (Å²) in [5, 5.41) is 8.67. The van der Waals surface area contributed by atoms with Crippen molar-refractivity contribution in [2.75, 3.05) is 0 Å². The molecule has 0 amide bonds. The molecule has 0 fully saturated rings. The second kappa shape index (κ2) is 8.06. The molecular weight excluding hydrogens is 310 g/mol. The molecule has 0 N–H and O–H groups in total. The highest BCUT2D eigenvalue weighted by Gasteiger charge is 2.15. The average molecular weight is 335 g/mol. The number of hydrogen-bond donors (Lipinski definition) is 0. The second-order valence-electron chi connectivity index (χ2n) is 6.45. The Kier molecular flexibility index (Phi) is 5.59. The molecule has 0 bridgehead atoms. The normalized spacial score (nSPS) is 13.7. The highest BCUT2D eigenvalue weighted by Crippen LogP contribution is 2.24. The Balaban J connectivity index is 1.60. The maximum Gasteiger partial charge on any atom is 0.163 e. The number of nitrogens with zero attached hydrogens (tertiary/aromatic N) is 3. The molecule has 1 heterocycles. The van der Waals surface area contributed by atoms with E-state index in [-0.39, 0.29) is 5.78 Å². The van der Waals surface area contributed by atoms with Crippen molar-refractivity contribution >= 4 is 5.78 Å². The van der Waals surface area contributed by atoms with E-state index in [4.69, 9.17) is 0 Å². The highest BCUT2D eigenvalue weighted by atomic mass is 16.1. The quantitative estimate of drug-likeness (QED) is 0.712. The third-order valence-electron chi connectivity index (χ3n) is 4.69. The number of ketones is 1. The van der Waals surface area contributed by atoms with Crippen LogP contribution in [0.1, 0.15) is 45.4 Å². The molecule has 1 aliphatic rings. The van der Waals surface area contributed by atoms with E-state index in [0.29, 0.717) is 19.3 Å². The van der Waals surface area contributed by atoms with Gasteiger partial charge in [0.1, 0.15) is 11.6 Å². The van der Waals surface area contributed by atoms with Gasteiger partial charge in [-0.05, 0) is 19.8 Å². The number of Topliss-reactive ketones (excluding diaryl/α,β-unsaturated/α-hetero) is 1. The highest BCUT2D eigenvalue weighted by molar-refractivity contribution is 5.81. The zero-order valence-corrected chi connectivity index (χ0v) is 15.0. The molecule has 0 saturated heterocycles. The molecule has 0 unspecified atom stereocenters. The Hall–Kier alpha value is -2.49. The van der Waals surface area contributed by atoms with Gasteiger partial charge in [-0.15, -0.1) is 10.2 Å². The van der Waals surface area contributed by atoms with Crippen molar-refractivity contribution in [2.24, 2.45) is 0 Å². The first kappa shape index (κ1) is 17.3. The lowest BCUT2D eigenvalue weighted by atomic mass is 10.0. The van der Waals surface area contributed by atoms with E-state index in [1.165, 1.54) is 11.1 Å². The van der Waals surface area contributed by atoms with E-state index in [1.54, 1.807) is 0 Å². The van der Waals surface area contributed by atoms with Crippen molar-refractivity contribution in [3.63, 3.8) is 0 Å². The van der Waals surface area contributed by atoms with Crippen molar-refractivity contribution in [1.82, 2.24) is 14.8 Å². The van der Waals surface area contributed by atoms with Gasteiger partial charge in [0.15, 0.2) is 5.82 Å². The molecule has 4 nitrogen and oxygen atoms in total. The summed E-state index contributed by atoms with van der Waals surface area (Å²) in [7, 11) is 0. The molecule has 0 atom stereocenters. The molecule has 25 heavy (non-hydrogen) atoms. The molecule has 0 radical (unpaired) electrons. The smallest absolute Gasteiger partial charge is 0.163 e. The van der Waals surface area contributed by atoms with Gasteiger partial charge in [0.25, 0.3) is 0 Å². The third kappa shape index (κ3) is 4.13. The van der Waals surface area contributed by atoms with Gasteiger partial charge in [0, 0.05) is 31.4 Å². The summed E-state index contributed by atoms with van der Waals surface area (Å²) in [6.45, 7) is 5.05. The van der Waals surface area contributed by atoms with Crippen LogP contribution in [-0.2, 0) is 17.8 Å². The lowest BCUT2D eigenvalue weighted by molar-refractivity contribution is -0.118. The zero-order chi connectivity index (χ0) is 17.6. The summed E-state index contributed by atoms with van der Waals surface area (Å²) in [5.41, 5.74) is 3.72. The number of hydrogen-bond acceptors (Lipinski definition) is 3. The molecule has 4 heteroatoms. The van der Waals surface area contributed by atoms with Crippen molar-refractivity contribution in [3.05, 3.63) is 59.5 Å². The van der Waals surface area contributed by atoms with Crippen LogP contribution in [0.4, 0.5) is 0 Å². The van der Waals surface area contributed by atoms with Crippen LogP contribution in [0.25, 0.3) is 11.4 Å². The largest absolute Gasteiger partial charge is 0.311 e. The minimum absolute atomic E-state index is 0.281. The maximum absolute atomic E-state index is 12.3. The Morgan fingerprint density at radius 2 is 1.84 bits per heavy atom.